The standard InChI is InChI=1S/C13H21N3O2/c1-9(2)8-16-6-5-14-12(13(16)17)15-11-4-7-18-10(11)3/h5-6,9-11H,4,7-8H2,1-3H3,(H,14,15). The molecular formula is C13H21N3O2. The first-order valence-electron chi connectivity index (χ1n) is 6.51. The smallest absolute Gasteiger partial charge is 0.293 e. The van der Waals surface area contributed by atoms with Gasteiger partial charge in [-0.25, -0.2) is 4.98 Å². The van der Waals surface area contributed by atoms with Crippen molar-refractivity contribution in [1.29, 1.82) is 0 Å². The summed E-state index contributed by atoms with van der Waals surface area (Å²) in [6, 6.07) is 0.181. The van der Waals surface area contributed by atoms with Gasteiger partial charge in [0.1, 0.15) is 0 Å². The number of anilines is 1. The molecule has 5 heteroatoms. The Bertz CT molecular complexity index is 456. The predicted molar refractivity (Wildman–Crippen MR) is 70.8 cm³/mol. The minimum atomic E-state index is -0.0506. The first-order valence-corrected chi connectivity index (χ1v) is 6.51. The van der Waals surface area contributed by atoms with E-state index in [1.165, 1.54) is 0 Å². The highest BCUT2D eigenvalue weighted by Crippen LogP contribution is 2.15. The van der Waals surface area contributed by atoms with Gasteiger partial charge in [0.2, 0.25) is 0 Å². The maximum Gasteiger partial charge on any atom is 0.293 e. The molecule has 2 unspecified atom stereocenters. The largest absolute Gasteiger partial charge is 0.376 e. The van der Waals surface area contributed by atoms with Gasteiger partial charge < -0.3 is 14.6 Å². The molecule has 1 saturated heterocycles. The monoisotopic (exact) mass is 251 g/mol. The van der Waals surface area contributed by atoms with Crippen molar-refractivity contribution in [3.05, 3.63) is 22.7 Å². The van der Waals surface area contributed by atoms with Gasteiger partial charge >= 0.3 is 0 Å². The fourth-order valence-corrected chi connectivity index (χ4v) is 2.18. The van der Waals surface area contributed by atoms with Crippen LogP contribution in [0.1, 0.15) is 27.2 Å². The lowest BCUT2D eigenvalue weighted by atomic mass is 10.1. The lowest BCUT2D eigenvalue weighted by Crippen LogP contribution is -2.33. The molecule has 0 spiro atoms. The normalized spacial score (nSPS) is 23.6. The number of rotatable bonds is 4. The SMILES string of the molecule is CC(C)Cn1ccnc(NC2CCOC2C)c1=O. The Hall–Kier alpha value is -1.36. The van der Waals surface area contributed by atoms with Crippen molar-refractivity contribution < 1.29 is 4.74 Å². The lowest BCUT2D eigenvalue weighted by Gasteiger charge is -2.17. The summed E-state index contributed by atoms with van der Waals surface area (Å²) in [5, 5.41) is 3.20. The van der Waals surface area contributed by atoms with Crippen molar-refractivity contribution in [2.75, 3.05) is 11.9 Å². The number of hydrogen-bond donors (Lipinski definition) is 1. The van der Waals surface area contributed by atoms with Gasteiger partial charge in [0.05, 0.1) is 12.1 Å². The number of aromatic nitrogens is 2. The summed E-state index contributed by atoms with van der Waals surface area (Å²) >= 11 is 0. The highest BCUT2D eigenvalue weighted by Gasteiger charge is 2.25. The molecule has 1 aliphatic heterocycles. The molecule has 0 saturated carbocycles. The molecule has 0 radical (unpaired) electrons. The average molecular weight is 251 g/mol. The van der Waals surface area contributed by atoms with Crippen LogP contribution in [0.3, 0.4) is 0 Å². The zero-order chi connectivity index (χ0) is 13.1. The second-order valence-electron chi connectivity index (χ2n) is 5.24. The van der Waals surface area contributed by atoms with Crippen LogP contribution in [-0.4, -0.2) is 28.3 Å². The van der Waals surface area contributed by atoms with E-state index in [9.17, 15) is 4.79 Å². The van der Waals surface area contributed by atoms with E-state index in [-0.39, 0.29) is 17.7 Å². The number of ether oxygens (including phenoxy) is 1. The van der Waals surface area contributed by atoms with Crippen LogP contribution >= 0.6 is 0 Å². The van der Waals surface area contributed by atoms with Crippen LogP contribution in [0.5, 0.6) is 0 Å². The molecule has 1 fully saturated rings. The van der Waals surface area contributed by atoms with E-state index in [1.807, 2.05) is 6.92 Å². The molecule has 2 atom stereocenters. The Morgan fingerprint density at radius 1 is 1.61 bits per heavy atom. The summed E-state index contributed by atoms with van der Waals surface area (Å²) in [6.07, 6.45) is 4.46. The summed E-state index contributed by atoms with van der Waals surface area (Å²) in [7, 11) is 0. The Morgan fingerprint density at radius 2 is 2.39 bits per heavy atom. The van der Waals surface area contributed by atoms with E-state index in [0.717, 1.165) is 13.0 Å². The molecular weight excluding hydrogens is 230 g/mol. The fraction of sp³-hybridized carbons (Fsp3) is 0.692. The molecule has 5 nitrogen and oxygen atoms in total. The van der Waals surface area contributed by atoms with Crippen molar-refractivity contribution in [3.63, 3.8) is 0 Å². The van der Waals surface area contributed by atoms with E-state index in [0.29, 0.717) is 18.3 Å². The molecule has 0 aromatic carbocycles. The lowest BCUT2D eigenvalue weighted by molar-refractivity contribution is 0.121. The maximum atomic E-state index is 12.2. The third-order valence-electron chi connectivity index (χ3n) is 3.17. The van der Waals surface area contributed by atoms with Gasteiger partial charge in [-0.1, -0.05) is 13.8 Å². The zero-order valence-corrected chi connectivity index (χ0v) is 11.2. The highest BCUT2D eigenvalue weighted by molar-refractivity contribution is 5.33. The topological polar surface area (TPSA) is 56.1 Å². The van der Waals surface area contributed by atoms with Gasteiger partial charge in [-0.15, -0.1) is 0 Å². The van der Waals surface area contributed by atoms with Crippen LogP contribution in [0.4, 0.5) is 5.82 Å². The van der Waals surface area contributed by atoms with Gasteiger partial charge in [-0.05, 0) is 19.3 Å². The van der Waals surface area contributed by atoms with Gasteiger partial charge in [0.15, 0.2) is 5.82 Å². The van der Waals surface area contributed by atoms with Crippen LogP contribution < -0.4 is 10.9 Å². The molecule has 0 bridgehead atoms. The number of hydrogen-bond acceptors (Lipinski definition) is 4. The third-order valence-corrected chi connectivity index (χ3v) is 3.17. The molecule has 0 amide bonds. The average Bonchev–Trinajstić information content (AvgIpc) is 2.70. The van der Waals surface area contributed by atoms with Crippen molar-refractivity contribution in [1.82, 2.24) is 9.55 Å². The molecule has 2 rings (SSSR count). The van der Waals surface area contributed by atoms with E-state index < -0.39 is 0 Å². The maximum absolute atomic E-state index is 12.2. The molecule has 2 heterocycles. The van der Waals surface area contributed by atoms with Gasteiger partial charge in [0, 0.05) is 25.5 Å². The molecule has 1 N–H and O–H groups in total. The summed E-state index contributed by atoms with van der Waals surface area (Å²) in [5.41, 5.74) is -0.0506. The predicted octanol–water partition coefficient (Wildman–Crippen LogP) is 1.49. The van der Waals surface area contributed by atoms with E-state index in [2.05, 4.69) is 24.1 Å². The van der Waals surface area contributed by atoms with E-state index in [1.54, 1.807) is 17.0 Å². The first kappa shape index (κ1) is 13.1. The molecule has 1 aliphatic rings. The zero-order valence-electron chi connectivity index (χ0n) is 11.2. The van der Waals surface area contributed by atoms with Crippen molar-refractivity contribution >= 4 is 5.82 Å². The summed E-state index contributed by atoms with van der Waals surface area (Å²) in [5.74, 6) is 0.868. The minimum absolute atomic E-state index is 0.0506. The van der Waals surface area contributed by atoms with Crippen LogP contribution in [0.2, 0.25) is 0 Å². The van der Waals surface area contributed by atoms with Gasteiger partial charge in [-0.3, -0.25) is 4.79 Å². The van der Waals surface area contributed by atoms with Crippen molar-refractivity contribution in [2.45, 2.75) is 45.9 Å². The quantitative estimate of drug-likeness (QED) is 0.881. The second-order valence-corrected chi connectivity index (χ2v) is 5.24. The van der Waals surface area contributed by atoms with Crippen LogP contribution in [0.15, 0.2) is 17.2 Å². The summed E-state index contributed by atoms with van der Waals surface area (Å²) in [4.78, 5) is 16.3. The van der Waals surface area contributed by atoms with Crippen molar-refractivity contribution in [3.8, 4) is 0 Å². The molecule has 100 valence electrons. The molecule has 1 aromatic heterocycles. The summed E-state index contributed by atoms with van der Waals surface area (Å²) < 4.78 is 7.18. The van der Waals surface area contributed by atoms with Crippen LogP contribution in [0, 0.1) is 5.92 Å². The first-order chi connectivity index (χ1) is 8.58. The van der Waals surface area contributed by atoms with Crippen molar-refractivity contribution in [2.24, 2.45) is 5.92 Å². The van der Waals surface area contributed by atoms with Crippen LogP contribution in [-0.2, 0) is 11.3 Å². The molecule has 0 aliphatic carbocycles. The number of nitrogens with one attached hydrogen (secondary N) is 1. The highest BCUT2D eigenvalue weighted by atomic mass is 16.5. The number of nitrogens with zero attached hydrogens (tertiary/aromatic N) is 2. The minimum Gasteiger partial charge on any atom is -0.376 e. The summed E-state index contributed by atoms with van der Waals surface area (Å²) in [6.45, 7) is 7.65. The van der Waals surface area contributed by atoms with Gasteiger partial charge in [-0.2, -0.15) is 0 Å². The third kappa shape index (κ3) is 2.90. The Labute approximate surface area is 107 Å². The second kappa shape index (κ2) is 5.52. The Morgan fingerprint density at radius 3 is 3.00 bits per heavy atom. The van der Waals surface area contributed by atoms with E-state index >= 15 is 0 Å². The van der Waals surface area contributed by atoms with Gasteiger partial charge in [0.25, 0.3) is 5.56 Å². The van der Waals surface area contributed by atoms with E-state index in [4.69, 9.17) is 4.74 Å². The Kier molecular flexibility index (Phi) is 4.01. The fourth-order valence-electron chi connectivity index (χ4n) is 2.18. The van der Waals surface area contributed by atoms with Crippen LogP contribution in [0.25, 0.3) is 0 Å². The Balaban J connectivity index is 2.15. The molecule has 1 aromatic rings. The molecule has 18 heavy (non-hydrogen) atoms.